The molecular formula is C27H36N3O9P. The van der Waals surface area contributed by atoms with E-state index >= 15 is 0 Å². The maximum absolute atomic E-state index is 13.3. The molecule has 0 aliphatic heterocycles. The number of hydrogen-bond donors (Lipinski definition) is 5. The fourth-order valence-electron chi connectivity index (χ4n) is 4.04. The Bertz CT molecular complexity index is 1190. The molecule has 0 saturated carbocycles. The summed E-state index contributed by atoms with van der Waals surface area (Å²) < 4.78 is 15.5. The van der Waals surface area contributed by atoms with E-state index in [-0.39, 0.29) is 37.5 Å². The van der Waals surface area contributed by atoms with E-state index < -0.39 is 37.7 Å². The molecule has 0 heterocycles. The Morgan fingerprint density at radius 1 is 0.925 bits per heavy atom. The number of benzene rings is 2. The summed E-state index contributed by atoms with van der Waals surface area (Å²) in [6, 6.07) is 13.4. The monoisotopic (exact) mass is 577 g/mol. The molecule has 2 aromatic carbocycles. The van der Waals surface area contributed by atoms with Crippen LogP contribution in [0.4, 0.5) is 0 Å². The van der Waals surface area contributed by atoms with Gasteiger partial charge in [0.15, 0.2) is 0 Å². The Hall–Kier alpha value is -3.73. The van der Waals surface area contributed by atoms with Crippen molar-refractivity contribution in [2.45, 2.75) is 58.0 Å². The SMILES string of the molecule is CC(=O)N[C@H](Cc1ccc(OP(=O)(O)O)cc1)C(=O)N[C@@H](C)C(=O)N(CCCC(=O)O)CCCc1ccccc1. The lowest BCUT2D eigenvalue weighted by Gasteiger charge is -2.27. The predicted octanol–water partition coefficient (Wildman–Crippen LogP) is 2.04. The van der Waals surface area contributed by atoms with Gasteiger partial charge in [0.2, 0.25) is 17.7 Å². The molecule has 5 N–H and O–H groups in total. The van der Waals surface area contributed by atoms with E-state index in [0.29, 0.717) is 18.5 Å². The van der Waals surface area contributed by atoms with Crippen molar-refractivity contribution in [3.63, 3.8) is 0 Å². The Kier molecular flexibility index (Phi) is 12.8. The van der Waals surface area contributed by atoms with Gasteiger partial charge in [-0.3, -0.25) is 29.0 Å². The summed E-state index contributed by atoms with van der Waals surface area (Å²) in [5, 5.41) is 14.2. The van der Waals surface area contributed by atoms with Crippen LogP contribution < -0.4 is 15.2 Å². The fraction of sp³-hybridized carbons (Fsp3) is 0.407. The van der Waals surface area contributed by atoms with Crippen molar-refractivity contribution in [1.29, 1.82) is 0 Å². The van der Waals surface area contributed by atoms with Crippen molar-refractivity contribution in [2.24, 2.45) is 0 Å². The number of nitrogens with zero attached hydrogens (tertiary/aromatic N) is 1. The number of aliphatic carboxylic acids is 1. The molecule has 40 heavy (non-hydrogen) atoms. The summed E-state index contributed by atoms with van der Waals surface area (Å²) in [5.74, 6) is -2.45. The van der Waals surface area contributed by atoms with Crippen molar-refractivity contribution in [1.82, 2.24) is 15.5 Å². The largest absolute Gasteiger partial charge is 0.524 e. The Morgan fingerprint density at radius 2 is 1.55 bits per heavy atom. The maximum atomic E-state index is 13.3. The Labute approximate surface area is 233 Å². The van der Waals surface area contributed by atoms with Crippen molar-refractivity contribution >= 4 is 31.5 Å². The zero-order valence-electron chi connectivity index (χ0n) is 22.5. The molecule has 2 rings (SSSR count). The van der Waals surface area contributed by atoms with Gasteiger partial charge in [0, 0.05) is 32.9 Å². The molecule has 2 aromatic rings. The quantitative estimate of drug-likeness (QED) is 0.186. The zero-order chi connectivity index (χ0) is 29.7. The molecule has 2 atom stereocenters. The second-order valence-corrected chi connectivity index (χ2v) is 10.5. The number of carboxylic acids is 1. The van der Waals surface area contributed by atoms with Gasteiger partial charge in [-0.15, -0.1) is 0 Å². The zero-order valence-corrected chi connectivity index (χ0v) is 23.4. The molecule has 0 spiro atoms. The van der Waals surface area contributed by atoms with Crippen LogP contribution in [0.5, 0.6) is 5.75 Å². The highest BCUT2D eigenvalue weighted by atomic mass is 31.2. The van der Waals surface area contributed by atoms with Crippen molar-refractivity contribution < 1.29 is 43.2 Å². The minimum Gasteiger partial charge on any atom is -0.481 e. The van der Waals surface area contributed by atoms with Crippen LogP contribution in [0.25, 0.3) is 0 Å². The second kappa shape index (κ2) is 15.8. The van der Waals surface area contributed by atoms with Gasteiger partial charge in [0.05, 0.1) is 0 Å². The standard InChI is InChI=1S/C27H36N3O9P/c1-19(27(35)30(17-7-11-25(32)33)16-6-10-21-8-4-3-5-9-21)28-26(34)24(29-20(2)31)18-22-12-14-23(15-13-22)39-40(36,37)38/h3-5,8-9,12-15,19,24H,6-7,10-11,16-18H2,1-2H3,(H,28,34)(H,29,31)(H,32,33)(H2,36,37,38)/t19-,24+/m0/s1. The van der Waals surface area contributed by atoms with Gasteiger partial charge >= 0.3 is 13.8 Å². The molecule has 12 nitrogen and oxygen atoms in total. The van der Waals surface area contributed by atoms with E-state index in [2.05, 4.69) is 15.2 Å². The molecule has 0 aliphatic carbocycles. The lowest BCUT2D eigenvalue weighted by molar-refractivity contribution is -0.139. The third-order valence-corrected chi connectivity index (χ3v) is 6.33. The first-order chi connectivity index (χ1) is 18.8. The van der Waals surface area contributed by atoms with E-state index in [4.69, 9.17) is 14.9 Å². The highest BCUT2D eigenvalue weighted by Gasteiger charge is 2.27. The minimum absolute atomic E-state index is 0.0436. The van der Waals surface area contributed by atoms with Crippen molar-refractivity contribution in [2.75, 3.05) is 13.1 Å². The predicted molar refractivity (Wildman–Crippen MR) is 146 cm³/mol. The molecule has 0 unspecified atom stereocenters. The van der Waals surface area contributed by atoms with Gasteiger partial charge in [-0.2, -0.15) is 0 Å². The number of carbonyl (C=O) groups excluding carboxylic acids is 3. The number of carbonyl (C=O) groups is 4. The van der Waals surface area contributed by atoms with Crippen molar-refractivity contribution in [3.8, 4) is 5.75 Å². The number of amides is 3. The number of carboxylic acid groups (broad SMARTS) is 1. The molecule has 0 aromatic heterocycles. The molecule has 0 saturated heterocycles. The summed E-state index contributed by atoms with van der Waals surface area (Å²) >= 11 is 0. The van der Waals surface area contributed by atoms with Crippen LogP contribution in [-0.2, 0) is 36.6 Å². The number of phosphoric ester groups is 1. The number of aryl methyl sites for hydroxylation is 1. The van der Waals surface area contributed by atoms with Crippen LogP contribution in [-0.4, -0.2) is 68.7 Å². The van der Waals surface area contributed by atoms with Crippen molar-refractivity contribution in [3.05, 3.63) is 65.7 Å². The average Bonchev–Trinajstić information content (AvgIpc) is 2.87. The summed E-state index contributed by atoms with van der Waals surface area (Å²) in [6.07, 6.45) is 1.60. The van der Waals surface area contributed by atoms with Gasteiger partial charge in [0.25, 0.3) is 0 Å². The topological polar surface area (TPSA) is 183 Å². The minimum atomic E-state index is -4.72. The Morgan fingerprint density at radius 3 is 2.12 bits per heavy atom. The molecule has 0 fully saturated rings. The third-order valence-electron chi connectivity index (χ3n) is 5.88. The van der Waals surface area contributed by atoms with Crippen LogP contribution in [0, 0.1) is 0 Å². The number of rotatable bonds is 16. The molecule has 0 bridgehead atoms. The van der Waals surface area contributed by atoms with Crippen LogP contribution in [0.3, 0.4) is 0 Å². The van der Waals surface area contributed by atoms with Crippen LogP contribution in [0.15, 0.2) is 54.6 Å². The highest BCUT2D eigenvalue weighted by molar-refractivity contribution is 7.46. The Balaban J connectivity index is 2.05. The summed E-state index contributed by atoms with van der Waals surface area (Å²) in [6.45, 7) is 3.38. The van der Waals surface area contributed by atoms with E-state index in [1.807, 2.05) is 30.3 Å². The third kappa shape index (κ3) is 12.4. The van der Waals surface area contributed by atoms with E-state index in [1.54, 1.807) is 4.90 Å². The second-order valence-electron chi connectivity index (χ2n) is 9.33. The highest BCUT2D eigenvalue weighted by Crippen LogP contribution is 2.37. The van der Waals surface area contributed by atoms with Gasteiger partial charge < -0.3 is 25.2 Å². The maximum Gasteiger partial charge on any atom is 0.524 e. The van der Waals surface area contributed by atoms with Gasteiger partial charge in [-0.05, 0) is 49.4 Å². The molecule has 0 radical (unpaired) electrons. The molecule has 0 aliphatic rings. The molecule has 3 amide bonds. The number of nitrogens with one attached hydrogen (secondary N) is 2. The summed E-state index contributed by atoms with van der Waals surface area (Å²) in [5.41, 5.74) is 1.68. The van der Waals surface area contributed by atoms with E-state index in [1.165, 1.54) is 38.1 Å². The summed E-state index contributed by atoms with van der Waals surface area (Å²) in [4.78, 5) is 68.5. The molecule has 218 valence electrons. The number of hydrogen-bond acceptors (Lipinski definition) is 6. The molecular weight excluding hydrogens is 541 g/mol. The van der Waals surface area contributed by atoms with Crippen LogP contribution >= 0.6 is 7.82 Å². The fourth-order valence-corrected chi connectivity index (χ4v) is 4.43. The van der Waals surface area contributed by atoms with Gasteiger partial charge in [-0.25, -0.2) is 4.57 Å². The normalized spacial score (nSPS) is 12.6. The van der Waals surface area contributed by atoms with E-state index in [0.717, 1.165) is 12.0 Å². The van der Waals surface area contributed by atoms with E-state index in [9.17, 15) is 23.7 Å². The van der Waals surface area contributed by atoms with Crippen LogP contribution in [0.2, 0.25) is 0 Å². The number of phosphoric acid groups is 1. The first-order valence-corrected chi connectivity index (χ1v) is 14.3. The lowest BCUT2D eigenvalue weighted by Crippen LogP contribution is -2.54. The average molecular weight is 578 g/mol. The summed E-state index contributed by atoms with van der Waals surface area (Å²) in [7, 11) is -4.72. The first-order valence-electron chi connectivity index (χ1n) is 12.8. The lowest BCUT2D eigenvalue weighted by atomic mass is 10.0. The van der Waals surface area contributed by atoms with Gasteiger partial charge in [0.1, 0.15) is 17.8 Å². The molecule has 13 heteroatoms. The van der Waals surface area contributed by atoms with Gasteiger partial charge in [-0.1, -0.05) is 42.5 Å². The smallest absolute Gasteiger partial charge is 0.481 e. The first kappa shape index (κ1) is 32.5. The van der Waals surface area contributed by atoms with Crippen LogP contribution in [0.1, 0.15) is 44.2 Å².